The van der Waals surface area contributed by atoms with Gasteiger partial charge in [0, 0.05) is 5.56 Å². The first kappa shape index (κ1) is 36.1. The van der Waals surface area contributed by atoms with E-state index in [-0.39, 0.29) is 34.3 Å². The number of hydrogen-bond acceptors (Lipinski definition) is 17. The molecule has 0 bridgehead atoms. The summed E-state index contributed by atoms with van der Waals surface area (Å²) in [5, 5.41) is 91.4. The van der Waals surface area contributed by atoms with Gasteiger partial charge in [-0.25, -0.2) is 0 Å². The predicted octanol–water partition coefficient (Wildman–Crippen LogP) is -2.10. The molecule has 268 valence electrons. The molecule has 2 saturated heterocycles. The molecule has 0 aliphatic carbocycles. The first-order chi connectivity index (χ1) is 23.3. The van der Waals surface area contributed by atoms with E-state index >= 15 is 0 Å². The summed E-state index contributed by atoms with van der Waals surface area (Å²) in [5.41, 5.74) is 0.540. The number of carboxylic acids is 1. The van der Waals surface area contributed by atoms with Crippen LogP contribution in [0.4, 0.5) is 0 Å². The quantitative estimate of drug-likeness (QED) is 0.0898. The number of aliphatic hydroxyl groups is 7. The number of esters is 1. The number of aliphatic carboxylic acids is 1. The van der Waals surface area contributed by atoms with E-state index in [9.17, 15) is 50.4 Å². The minimum atomic E-state index is -1.88. The molecule has 3 heterocycles. The summed E-state index contributed by atoms with van der Waals surface area (Å²) in [6.07, 6.45) is -17.4. The van der Waals surface area contributed by atoms with Crippen molar-refractivity contribution >= 4 is 18.0 Å². The number of carbonyl (C=O) groups is 2. The van der Waals surface area contributed by atoms with Gasteiger partial charge in [-0.05, 0) is 30.3 Å². The molecule has 5 rings (SSSR count). The molecule has 3 aliphatic heterocycles. The first-order valence-electron chi connectivity index (χ1n) is 14.9. The molecule has 0 saturated carbocycles. The lowest BCUT2D eigenvalue weighted by Gasteiger charge is -2.41. The van der Waals surface area contributed by atoms with Crippen LogP contribution in [-0.2, 0) is 28.5 Å². The Morgan fingerprint density at radius 2 is 1.47 bits per heavy atom. The number of carbonyl (C=O) groups excluding carboxylic acids is 1. The third kappa shape index (κ3) is 7.67. The third-order valence-corrected chi connectivity index (χ3v) is 8.04. The molecule has 9 N–H and O–H groups in total. The highest BCUT2D eigenvalue weighted by Crippen LogP contribution is 2.45. The lowest BCUT2D eigenvalue weighted by molar-refractivity contribution is -0.294. The van der Waals surface area contributed by atoms with Crippen molar-refractivity contribution < 1.29 is 88.7 Å². The monoisotopic (exact) mass is 696 g/mol. The van der Waals surface area contributed by atoms with Gasteiger partial charge in [-0.1, -0.05) is 12.1 Å². The Kier molecular flexibility index (Phi) is 11.1. The van der Waals surface area contributed by atoms with E-state index in [0.717, 1.165) is 0 Å². The maximum Gasteiger partial charge on any atom is 0.317 e. The van der Waals surface area contributed by atoms with Gasteiger partial charge in [0.2, 0.25) is 12.6 Å². The minimum Gasteiger partial charge on any atom is -0.504 e. The van der Waals surface area contributed by atoms with Crippen molar-refractivity contribution in [2.45, 2.75) is 73.9 Å². The molecule has 2 fully saturated rings. The number of aliphatic hydroxyl groups excluding tert-OH is 7. The summed E-state index contributed by atoms with van der Waals surface area (Å²) in [6, 6.07) is 8.81. The van der Waals surface area contributed by atoms with Crippen LogP contribution in [0.1, 0.15) is 23.7 Å². The van der Waals surface area contributed by atoms with Crippen molar-refractivity contribution in [2.24, 2.45) is 0 Å². The van der Waals surface area contributed by atoms with Crippen molar-refractivity contribution in [3.8, 4) is 23.0 Å². The zero-order valence-electron chi connectivity index (χ0n) is 25.7. The summed E-state index contributed by atoms with van der Waals surface area (Å²) in [7, 11) is 1.33. The Morgan fingerprint density at radius 3 is 2.12 bits per heavy atom. The fourth-order valence-electron chi connectivity index (χ4n) is 5.39. The molecule has 11 atom stereocenters. The molecule has 18 nitrogen and oxygen atoms in total. The number of fused-ring (bicyclic) bond motifs is 1. The molecule has 1 unspecified atom stereocenters. The molecule has 0 spiro atoms. The Balaban J connectivity index is 1.48. The summed E-state index contributed by atoms with van der Waals surface area (Å²) in [4.78, 5) is 22.6. The van der Waals surface area contributed by atoms with Crippen LogP contribution in [-0.4, -0.2) is 140 Å². The van der Waals surface area contributed by atoms with Crippen molar-refractivity contribution in [2.75, 3.05) is 20.3 Å². The molecule has 49 heavy (non-hydrogen) atoms. The van der Waals surface area contributed by atoms with Crippen LogP contribution in [0.25, 0.3) is 6.08 Å². The Labute approximate surface area is 277 Å². The Morgan fingerprint density at radius 1 is 0.816 bits per heavy atom. The van der Waals surface area contributed by atoms with E-state index in [1.165, 1.54) is 43.5 Å². The molecular formula is C31H36O18. The highest BCUT2D eigenvalue weighted by molar-refractivity contribution is 5.90. The number of carboxylic acid groups (broad SMARTS) is 1. The third-order valence-electron chi connectivity index (χ3n) is 8.04. The van der Waals surface area contributed by atoms with Crippen molar-refractivity contribution in [1.29, 1.82) is 0 Å². The average molecular weight is 697 g/mol. The zero-order chi connectivity index (χ0) is 35.6. The van der Waals surface area contributed by atoms with E-state index in [4.69, 9.17) is 38.3 Å². The van der Waals surface area contributed by atoms with Crippen LogP contribution in [0.15, 0.2) is 42.2 Å². The van der Waals surface area contributed by atoms with Crippen LogP contribution in [0.5, 0.6) is 23.0 Å². The SMILES string of the molecule is COc1cc(C2Oc3cccc(O[C@@H]4O[C@H](CO)[C@@H](O)[C@H](O)[C@H]4O)c3C=C2O[C@@H]2O[C@H](COC(=O)CC(=O)O)[C@@H](O)[C@H](O)[C@H]2O)ccc1O. The van der Waals surface area contributed by atoms with E-state index in [1.807, 2.05) is 0 Å². The molecule has 18 heteroatoms. The number of aromatic hydroxyl groups is 1. The second-order valence-corrected chi connectivity index (χ2v) is 11.3. The zero-order valence-corrected chi connectivity index (χ0v) is 25.7. The van der Waals surface area contributed by atoms with Crippen molar-refractivity contribution in [3.63, 3.8) is 0 Å². The van der Waals surface area contributed by atoms with Crippen LogP contribution >= 0.6 is 0 Å². The molecule has 2 aromatic carbocycles. The predicted molar refractivity (Wildman–Crippen MR) is 158 cm³/mol. The van der Waals surface area contributed by atoms with Gasteiger partial charge >= 0.3 is 11.9 Å². The second kappa shape index (κ2) is 15.1. The molecule has 0 amide bonds. The van der Waals surface area contributed by atoms with Crippen LogP contribution in [0, 0.1) is 0 Å². The van der Waals surface area contributed by atoms with E-state index < -0.39 is 99.1 Å². The van der Waals surface area contributed by atoms with Gasteiger partial charge < -0.3 is 79.1 Å². The van der Waals surface area contributed by atoms with Crippen LogP contribution < -0.4 is 14.2 Å². The van der Waals surface area contributed by atoms with Gasteiger partial charge in [-0.3, -0.25) is 9.59 Å². The maximum absolute atomic E-state index is 11.8. The first-order valence-corrected chi connectivity index (χ1v) is 14.9. The summed E-state index contributed by atoms with van der Waals surface area (Å²) in [5.74, 6) is -2.62. The van der Waals surface area contributed by atoms with Gasteiger partial charge in [0.1, 0.15) is 79.1 Å². The molecule has 0 aromatic heterocycles. The van der Waals surface area contributed by atoms with Crippen molar-refractivity contribution in [1.82, 2.24) is 0 Å². The number of ether oxygens (including phenoxy) is 7. The van der Waals surface area contributed by atoms with Gasteiger partial charge in [0.05, 0.1) is 19.3 Å². The molecular weight excluding hydrogens is 660 g/mol. The van der Waals surface area contributed by atoms with Crippen LogP contribution in [0.3, 0.4) is 0 Å². The largest absolute Gasteiger partial charge is 0.504 e. The minimum absolute atomic E-state index is 0.00783. The molecule has 0 radical (unpaired) electrons. The number of hydrogen-bond donors (Lipinski definition) is 9. The highest BCUT2D eigenvalue weighted by Gasteiger charge is 2.47. The van der Waals surface area contributed by atoms with E-state index in [1.54, 1.807) is 6.07 Å². The average Bonchev–Trinajstić information content (AvgIpc) is 3.08. The molecule has 3 aliphatic rings. The lowest BCUT2D eigenvalue weighted by Crippen LogP contribution is -2.60. The van der Waals surface area contributed by atoms with Gasteiger partial charge in [0.25, 0.3) is 0 Å². The summed E-state index contributed by atoms with van der Waals surface area (Å²) in [6.45, 7) is -1.40. The van der Waals surface area contributed by atoms with Crippen LogP contribution in [0.2, 0.25) is 0 Å². The Hall–Kier alpha value is -4.24. The van der Waals surface area contributed by atoms with E-state index in [0.29, 0.717) is 5.56 Å². The smallest absolute Gasteiger partial charge is 0.317 e. The number of phenols is 1. The van der Waals surface area contributed by atoms with Gasteiger partial charge in [0.15, 0.2) is 17.6 Å². The number of rotatable bonds is 11. The summed E-state index contributed by atoms with van der Waals surface area (Å²) >= 11 is 0. The molecule has 2 aromatic rings. The number of methoxy groups -OCH3 is 1. The topological polar surface area (TPSA) is 281 Å². The van der Waals surface area contributed by atoms with E-state index in [2.05, 4.69) is 0 Å². The Bertz CT molecular complexity index is 1530. The second-order valence-electron chi connectivity index (χ2n) is 11.3. The highest BCUT2D eigenvalue weighted by atomic mass is 16.7. The number of phenolic OH excluding ortho intramolecular Hbond substituents is 1. The lowest BCUT2D eigenvalue weighted by atomic mass is 9.98. The van der Waals surface area contributed by atoms with Crippen molar-refractivity contribution in [3.05, 3.63) is 53.3 Å². The normalized spacial score (nSPS) is 32.6. The maximum atomic E-state index is 11.8. The fraction of sp³-hybridized carbons (Fsp3) is 0.484. The standard InChI is InChI=1S/C31H36O18/c1-43-17-7-12(5-6-14(17)33)29-18(47-31-28(42)26(40)24(38)20(49-31)11-44-22(36)9-21(34)35)8-13-15(45-29)3-2-4-16(13)46-30-27(41)25(39)23(37)19(10-32)48-30/h2-8,19-20,23-33,37-42H,9-11H2,1H3,(H,34,35)/t19-,20-,23-,24-,25+,26+,27-,28-,29?,30-,31-/m1/s1. The summed E-state index contributed by atoms with van der Waals surface area (Å²) < 4.78 is 39.4. The fourth-order valence-corrected chi connectivity index (χ4v) is 5.39. The number of benzene rings is 2. The van der Waals surface area contributed by atoms with Gasteiger partial charge in [-0.15, -0.1) is 0 Å². The van der Waals surface area contributed by atoms with Gasteiger partial charge in [-0.2, -0.15) is 0 Å².